The van der Waals surface area contributed by atoms with Gasteiger partial charge in [-0.15, -0.1) is 0 Å². The van der Waals surface area contributed by atoms with E-state index in [-0.39, 0.29) is 0 Å². The highest BCUT2D eigenvalue weighted by molar-refractivity contribution is 5.89. The summed E-state index contributed by atoms with van der Waals surface area (Å²) >= 11 is 0. The second-order valence-electron chi connectivity index (χ2n) is 4.74. The first-order chi connectivity index (χ1) is 8.66. The van der Waals surface area contributed by atoms with Crippen LogP contribution in [0.1, 0.15) is 43.0 Å². The molecular weight excluding hydrogens is 228 g/mol. The molecule has 0 saturated heterocycles. The van der Waals surface area contributed by atoms with Gasteiger partial charge in [0.1, 0.15) is 0 Å². The molecule has 1 aromatic carbocycles. The lowest BCUT2D eigenvalue weighted by molar-refractivity contribution is 0.0697. The average molecular weight is 246 g/mol. The van der Waals surface area contributed by atoms with Crippen LogP contribution < -0.4 is 5.43 Å². The monoisotopic (exact) mass is 246 g/mol. The number of hydrazone groups is 1. The minimum absolute atomic E-state index is 0.291. The number of hydrogen-bond donors (Lipinski definition) is 2. The van der Waals surface area contributed by atoms with Gasteiger partial charge >= 0.3 is 5.97 Å². The number of carbonyl (C=O) groups is 1. The van der Waals surface area contributed by atoms with Gasteiger partial charge in [-0.25, -0.2) is 4.79 Å². The molecule has 4 nitrogen and oxygen atoms in total. The molecule has 2 N–H and O–H groups in total. The largest absolute Gasteiger partial charge is 0.478 e. The van der Waals surface area contributed by atoms with Crippen molar-refractivity contribution in [3.63, 3.8) is 0 Å². The molecule has 0 radical (unpaired) electrons. The minimum Gasteiger partial charge on any atom is -0.478 e. The van der Waals surface area contributed by atoms with Crippen LogP contribution in [0.2, 0.25) is 0 Å². The van der Waals surface area contributed by atoms with Gasteiger partial charge in [0.2, 0.25) is 0 Å². The van der Waals surface area contributed by atoms with Crippen molar-refractivity contribution in [3.8, 4) is 0 Å². The van der Waals surface area contributed by atoms with Gasteiger partial charge in [0.05, 0.1) is 11.3 Å². The van der Waals surface area contributed by atoms with E-state index in [0.717, 1.165) is 12.1 Å². The fourth-order valence-electron chi connectivity index (χ4n) is 2.16. The molecule has 0 aromatic heterocycles. The van der Waals surface area contributed by atoms with Crippen molar-refractivity contribution in [2.45, 2.75) is 32.6 Å². The molecule has 18 heavy (non-hydrogen) atoms. The third kappa shape index (κ3) is 3.09. The van der Waals surface area contributed by atoms with Crippen molar-refractivity contribution in [1.29, 1.82) is 0 Å². The normalized spacial score (nSPS) is 21.8. The van der Waals surface area contributed by atoms with Crippen LogP contribution in [0.25, 0.3) is 0 Å². The predicted octanol–water partition coefficient (Wildman–Crippen LogP) is 3.36. The second-order valence-corrected chi connectivity index (χ2v) is 4.74. The van der Waals surface area contributed by atoms with E-state index in [2.05, 4.69) is 17.5 Å². The third-order valence-corrected chi connectivity index (χ3v) is 3.35. The van der Waals surface area contributed by atoms with E-state index in [1.54, 1.807) is 24.3 Å². The molecule has 0 unspecified atom stereocenters. The van der Waals surface area contributed by atoms with Gasteiger partial charge in [0.25, 0.3) is 0 Å². The fourth-order valence-corrected chi connectivity index (χ4v) is 2.16. The van der Waals surface area contributed by atoms with Gasteiger partial charge in [0.15, 0.2) is 0 Å². The van der Waals surface area contributed by atoms with E-state index in [1.165, 1.54) is 25.0 Å². The van der Waals surface area contributed by atoms with E-state index in [0.29, 0.717) is 11.5 Å². The van der Waals surface area contributed by atoms with Crippen LogP contribution in [0, 0.1) is 5.92 Å². The van der Waals surface area contributed by atoms with Crippen LogP contribution >= 0.6 is 0 Å². The Labute approximate surface area is 107 Å². The summed E-state index contributed by atoms with van der Waals surface area (Å²) in [6.45, 7) is 2.20. The molecule has 96 valence electrons. The second kappa shape index (κ2) is 5.67. The van der Waals surface area contributed by atoms with E-state index in [1.807, 2.05) is 0 Å². The average Bonchev–Trinajstić information content (AvgIpc) is 2.38. The Bertz CT molecular complexity index is 451. The van der Waals surface area contributed by atoms with Gasteiger partial charge < -0.3 is 5.11 Å². The Morgan fingerprint density at radius 1 is 1.33 bits per heavy atom. The summed E-state index contributed by atoms with van der Waals surface area (Å²) < 4.78 is 0. The molecule has 0 bridgehead atoms. The molecule has 1 fully saturated rings. The lowest BCUT2D eigenvalue weighted by Gasteiger charge is -2.20. The van der Waals surface area contributed by atoms with Crippen LogP contribution in [0.5, 0.6) is 0 Å². The highest BCUT2D eigenvalue weighted by atomic mass is 16.4. The standard InChI is InChI=1S/C14H18N2O2/c1-10-4-2-3-5-13(10)16-15-12-8-6-11(7-9-12)14(17)18/h6-10,15H,2-5H2,1H3,(H,17,18)/b16-13-/t10-/m1/s1. The Hall–Kier alpha value is -1.84. The van der Waals surface area contributed by atoms with Crippen LogP contribution in [-0.4, -0.2) is 16.8 Å². The van der Waals surface area contributed by atoms with Crippen molar-refractivity contribution < 1.29 is 9.90 Å². The highest BCUT2D eigenvalue weighted by Gasteiger charge is 2.15. The Balaban J connectivity index is 2.01. The number of benzene rings is 1. The predicted molar refractivity (Wildman–Crippen MR) is 72.1 cm³/mol. The number of aromatic carboxylic acids is 1. The molecule has 1 aromatic rings. The van der Waals surface area contributed by atoms with Crippen LogP contribution in [0.3, 0.4) is 0 Å². The summed E-state index contributed by atoms with van der Waals surface area (Å²) in [6, 6.07) is 6.63. The quantitative estimate of drug-likeness (QED) is 0.804. The van der Waals surface area contributed by atoms with Crippen LogP contribution in [0.4, 0.5) is 5.69 Å². The molecule has 0 amide bonds. The summed E-state index contributed by atoms with van der Waals surface area (Å²) in [5.74, 6) is -0.363. The Morgan fingerprint density at radius 3 is 2.67 bits per heavy atom. The zero-order chi connectivity index (χ0) is 13.0. The van der Waals surface area contributed by atoms with E-state index in [9.17, 15) is 4.79 Å². The molecule has 0 heterocycles. The molecule has 1 atom stereocenters. The van der Waals surface area contributed by atoms with Crippen LogP contribution in [0.15, 0.2) is 29.4 Å². The summed E-state index contributed by atoms with van der Waals surface area (Å²) in [5.41, 5.74) is 5.33. The summed E-state index contributed by atoms with van der Waals surface area (Å²) in [7, 11) is 0. The van der Waals surface area contributed by atoms with Gasteiger partial charge in [-0.2, -0.15) is 5.10 Å². The minimum atomic E-state index is -0.909. The van der Waals surface area contributed by atoms with Crippen molar-refractivity contribution >= 4 is 17.4 Å². The van der Waals surface area contributed by atoms with Gasteiger partial charge in [0, 0.05) is 5.71 Å². The van der Waals surface area contributed by atoms with Crippen molar-refractivity contribution in [3.05, 3.63) is 29.8 Å². The smallest absolute Gasteiger partial charge is 0.335 e. The SMILES string of the molecule is C[C@@H]1CCCC/C1=N/Nc1ccc(C(=O)O)cc1. The molecule has 2 rings (SSSR count). The van der Waals surface area contributed by atoms with E-state index in [4.69, 9.17) is 5.11 Å². The van der Waals surface area contributed by atoms with Crippen molar-refractivity contribution in [2.24, 2.45) is 11.0 Å². The van der Waals surface area contributed by atoms with Gasteiger partial charge in [-0.1, -0.05) is 13.3 Å². The van der Waals surface area contributed by atoms with Crippen LogP contribution in [-0.2, 0) is 0 Å². The number of nitrogens with zero attached hydrogens (tertiary/aromatic N) is 1. The molecule has 0 aliphatic heterocycles. The topological polar surface area (TPSA) is 61.7 Å². The zero-order valence-electron chi connectivity index (χ0n) is 10.5. The number of anilines is 1. The number of rotatable bonds is 3. The lowest BCUT2D eigenvalue weighted by atomic mass is 9.89. The maximum atomic E-state index is 10.7. The zero-order valence-corrected chi connectivity index (χ0v) is 10.5. The summed E-state index contributed by atoms with van der Waals surface area (Å²) in [5, 5.41) is 13.2. The molecule has 1 saturated carbocycles. The highest BCUT2D eigenvalue weighted by Crippen LogP contribution is 2.21. The van der Waals surface area contributed by atoms with E-state index >= 15 is 0 Å². The summed E-state index contributed by atoms with van der Waals surface area (Å²) in [4.78, 5) is 10.7. The molecule has 1 aliphatic carbocycles. The fraction of sp³-hybridized carbons (Fsp3) is 0.429. The Morgan fingerprint density at radius 2 is 2.06 bits per heavy atom. The third-order valence-electron chi connectivity index (χ3n) is 3.35. The maximum Gasteiger partial charge on any atom is 0.335 e. The number of nitrogens with one attached hydrogen (secondary N) is 1. The Kier molecular flexibility index (Phi) is 3.97. The lowest BCUT2D eigenvalue weighted by Crippen LogP contribution is -2.17. The van der Waals surface area contributed by atoms with Gasteiger partial charge in [-0.05, 0) is 49.4 Å². The maximum absolute atomic E-state index is 10.7. The first kappa shape index (κ1) is 12.6. The van der Waals surface area contributed by atoms with Crippen molar-refractivity contribution in [1.82, 2.24) is 0 Å². The first-order valence-electron chi connectivity index (χ1n) is 6.32. The number of carboxylic acid groups (broad SMARTS) is 1. The molecule has 1 aliphatic rings. The summed E-state index contributed by atoms with van der Waals surface area (Å²) in [6.07, 6.45) is 4.76. The first-order valence-corrected chi connectivity index (χ1v) is 6.32. The molecular formula is C14H18N2O2. The molecule has 0 spiro atoms. The molecule has 4 heteroatoms. The van der Waals surface area contributed by atoms with Gasteiger partial charge in [-0.3, -0.25) is 5.43 Å². The number of carboxylic acids is 1. The van der Waals surface area contributed by atoms with E-state index < -0.39 is 5.97 Å². The number of hydrogen-bond acceptors (Lipinski definition) is 3. The van der Waals surface area contributed by atoms with Crippen molar-refractivity contribution in [2.75, 3.05) is 5.43 Å².